The number of ether oxygens (including phenoxy) is 1. The van der Waals surface area contributed by atoms with Crippen LogP contribution in [-0.4, -0.2) is 19.0 Å². The van der Waals surface area contributed by atoms with Crippen LogP contribution in [0.2, 0.25) is 0 Å². The highest BCUT2D eigenvalue weighted by atomic mass is 19.1. The summed E-state index contributed by atoms with van der Waals surface area (Å²) in [6.07, 6.45) is 0.566. The molecule has 0 radical (unpaired) electrons. The zero-order chi connectivity index (χ0) is 14.3. The predicted molar refractivity (Wildman–Crippen MR) is 64.0 cm³/mol. The lowest BCUT2D eigenvalue weighted by atomic mass is 10.2. The van der Waals surface area contributed by atoms with Crippen LogP contribution < -0.4 is 10.9 Å². The van der Waals surface area contributed by atoms with Crippen LogP contribution >= 0.6 is 0 Å². The van der Waals surface area contributed by atoms with Crippen molar-refractivity contribution < 1.29 is 23.1 Å². The second-order valence-electron chi connectivity index (χ2n) is 3.76. The van der Waals surface area contributed by atoms with E-state index in [2.05, 4.69) is 15.6 Å². The minimum Gasteiger partial charge on any atom is -0.469 e. The molecule has 0 aliphatic carbocycles. The van der Waals surface area contributed by atoms with Crippen LogP contribution in [0.3, 0.4) is 0 Å². The summed E-state index contributed by atoms with van der Waals surface area (Å²) in [5, 5.41) is 0. The van der Waals surface area contributed by atoms with Gasteiger partial charge in [-0.1, -0.05) is 0 Å². The second-order valence-corrected chi connectivity index (χ2v) is 3.76. The van der Waals surface area contributed by atoms with Crippen LogP contribution in [0.25, 0.3) is 0 Å². The van der Waals surface area contributed by atoms with E-state index in [4.69, 9.17) is 0 Å². The van der Waals surface area contributed by atoms with Gasteiger partial charge in [0.1, 0.15) is 11.6 Å². The zero-order valence-electron chi connectivity index (χ0n) is 10.3. The van der Waals surface area contributed by atoms with Gasteiger partial charge in [0.2, 0.25) is 5.91 Å². The van der Waals surface area contributed by atoms with E-state index in [1.165, 1.54) is 7.11 Å². The van der Waals surface area contributed by atoms with Gasteiger partial charge in [-0.25, -0.2) is 8.78 Å². The van der Waals surface area contributed by atoms with Gasteiger partial charge in [0.05, 0.1) is 12.8 Å². The molecule has 7 heteroatoms. The van der Waals surface area contributed by atoms with Crippen molar-refractivity contribution in [2.24, 2.45) is 0 Å². The number of hydrogen-bond donors (Lipinski definition) is 2. The fourth-order valence-electron chi connectivity index (χ4n) is 1.33. The highest BCUT2D eigenvalue weighted by Gasteiger charge is 2.05. The van der Waals surface area contributed by atoms with Crippen LogP contribution in [0.4, 0.5) is 14.5 Å². The number of carbonyl (C=O) groups excluding carboxylic acids is 2. The Morgan fingerprint density at radius 1 is 1.16 bits per heavy atom. The lowest BCUT2D eigenvalue weighted by molar-refractivity contribution is -0.140. The number of esters is 1. The highest BCUT2D eigenvalue weighted by molar-refractivity contribution is 5.78. The Kier molecular flexibility index (Phi) is 5.72. The topological polar surface area (TPSA) is 67.4 Å². The molecule has 0 aromatic heterocycles. The van der Waals surface area contributed by atoms with Crippen molar-refractivity contribution in [3.63, 3.8) is 0 Å². The minimum absolute atomic E-state index is 0.0961. The maximum Gasteiger partial charge on any atom is 0.305 e. The van der Waals surface area contributed by atoms with Gasteiger partial charge in [-0.3, -0.25) is 20.4 Å². The van der Waals surface area contributed by atoms with Crippen LogP contribution in [0.15, 0.2) is 18.2 Å². The first kappa shape index (κ1) is 14.9. The molecule has 2 N–H and O–H groups in total. The molecule has 0 saturated carbocycles. The van der Waals surface area contributed by atoms with E-state index < -0.39 is 23.5 Å². The SMILES string of the molecule is COC(=O)CCCC(=O)NNc1cc(F)cc(F)c1. The Morgan fingerprint density at radius 2 is 1.79 bits per heavy atom. The third-order valence-electron chi connectivity index (χ3n) is 2.22. The third-order valence-corrected chi connectivity index (χ3v) is 2.22. The second kappa shape index (κ2) is 7.30. The monoisotopic (exact) mass is 272 g/mol. The van der Waals surface area contributed by atoms with Gasteiger partial charge < -0.3 is 4.74 Å². The smallest absolute Gasteiger partial charge is 0.305 e. The molecular formula is C12H14F2N2O3. The average Bonchev–Trinajstić information content (AvgIpc) is 2.35. The third kappa shape index (κ3) is 5.80. The molecule has 0 fully saturated rings. The molecule has 1 aromatic carbocycles. The molecule has 0 aliphatic heterocycles. The molecule has 0 saturated heterocycles. The number of nitrogens with one attached hydrogen (secondary N) is 2. The fraction of sp³-hybridized carbons (Fsp3) is 0.333. The number of hydrazine groups is 1. The molecule has 1 aromatic rings. The normalized spacial score (nSPS) is 9.84. The van der Waals surface area contributed by atoms with E-state index in [1.807, 2.05) is 0 Å². The van der Waals surface area contributed by atoms with E-state index in [1.54, 1.807) is 0 Å². The number of anilines is 1. The van der Waals surface area contributed by atoms with Gasteiger partial charge in [-0.15, -0.1) is 0 Å². The van der Waals surface area contributed by atoms with E-state index in [0.29, 0.717) is 6.42 Å². The number of benzene rings is 1. The maximum absolute atomic E-state index is 12.8. The molecule has 1 amide bonds. The lowest BCUT2D eigenvalue weighted by Gasteiger charge is -2.08. The molecule has 104 valence electrons. The molecule has 0 heterocycles. The van der Waals surface area contributed by atoms with Gasteiger partial charge in [-0.05, 0) is 18.6 Å². The summed E-state index contributed by atoms with van der Waals surface area (Å²) >= 11 is 0. The molecule has 0 aliphatic rings. The molecule has 5 nitrogen and oxygen atoms in total. The summed E-state index contributed by atoms with van der Waals surface area (Å²) in [7, 11) is 1.27. The molecule has 1 rings (SSSR count). The first-order valence-electron chi connectivity index (χ1n) is 5.59. The minimum atomic E-state index is -0.748. The number of amides is 1. The molecular weight excluding hydrogens is 258 g/mol. The molecule has 0 bridgehead atoms. The summed E-state index contributed by atoms with van der Waals surface area (Å²) < 4.78 is 30.1. The van der Waals surface area contributed by atoms with Crippen molar-refractivity contribution in [2.75, 3.05) is 12.5 Å². The summed E-state index contributed by atoms with van der Waals surface area (Å²) in [5.41, 5.74) is 4.75. The average molecular weight is 272 g/mol. The van der Waals surface area contributed by atoms with E-state index >= 15 is 0 Å². The quantitative estimate of drug-likeness (QED) is 0.611. The Morgan fingerprint density at radius 3 is 2.37 bits per heavy atom. The Bertz CT molecular complexity index is 446. The van der Waals surface area contributed by atoms with Crippen molar-refractivity contribution in [1.82, 2.24) is 5.43 Å². The molecule has 0 spiro atoms. The van der Waals surface area contributed by atoms with Crippen LogP contribution in [0.5, 0.6) is 0 Å². The van der Waals surface area contributed by atoms with Crippen molar-refractivity contribution in [3.05, 3.63) is 29.8 Å². The first-order chi connectivity index (χ1) is 9.01. The predicted octanol–water partition coefficient (Wildman–Crippen LogP) is 1.75. The van der Waals surface area contributed by atoms with Gasteiger partial charge >= 0.3 is 5.97 Å². The van der Waals surface area contributed by atoms with Gasteiger partial charge in [0, 0.05) is 18.9 Å². The van der Waals surface area contributed by atoms with Crippen LogP contribution in [-0.2, 0) is 14.3 Å². The molecule has 0 unspecified atom stereocenters. The van der Waals surface area contributed by atoms with Crippen molar-refractivity contribution in [3.8, 4) is 0 Å². The van der Waals surface area contributed by atoms with Crippen LogP contribution in [0, 0.1) is 11.6 Å². The number of rotatable bonds is 6. The fourth-order valence-corrected chi connectivity index (χ4v) is 1.33. The Hall–Kier alpha value is -2.18. The van der Waals surface area contributed by atoms with Gasteiger partial charge in [0.25, 0.3) is 0 Å². The van der Waals surface area contributed by atoms with E-state index in [9.17, 15) is 18.4 Å². The largest absolute Gasteiger partial charge is 0.469 e. The summed E-state index contributed by atoms with van der Waals surface area (Å²) in [6.45, 7) is 0. The Balaban J connectivity index is 2.31. The van der Waals surface area contributed by atoms with Gasteiger partial charge in [-0.2, -0.15) is 0 Å². The summed E-state index contributed by atoms with van der Waals surface area (Å²) in [6, 6.07) is 2.80. The maximum atomic E-state index is 12.8. The molecule has 0 atom stereocenters. The van der Waals surface area contributed by atoms with Gasteiger partial charge in [0.15, 0.2) is 0 Å². The lowest BCUT2D eigenvalue weighted by Crippen LogP contribution is -2.29. The van der Waals surface area contributed by atoms with Crippen molar-refractivity contribution in [1.29, 1.82) is 0 Å². The van der Waals surface area contributed by atoms with E-state index in [-0.39, 0.29) is 18.5 Å². The summed E-state index contributed by atoms with van der Waals surface area (Å²) in [4.78, 5) is 22.1. The van der Waals surface area contributed by atoms with Crippen molar-refractivity contribution >= 4 is 17.6 Å². The number of halogens is 2. The molecule has 19 heavy (non-hydrogen) atoms. The number of methoxy groups -OCH3 is 1. The zero-order valence-corrected chi connectivity index (χ0v) is 10.3. The van der Waals surface area contributed by atoms with Crippen LogP contribution in [0.1, 0.15) is 19.3 Å². The standard InChI is InChI=1S/C12H14F2N2O3/c1-19-12(18)4-2-3-11(17)16-15-10-6-8(13)5-9(14)7-10/h5-7,15H,2-4H2,1H3,(H,16,17). The Labute approximate surface area is 108 Å². The highest BCUT2D eigenvalue weighted by Crippen LogP contribution is 2.11. The number of hydrogen-bond acceptors (Lipinski definition) is 4. The number of carbonyl (C=O) groups is 2. The first-order valence-corrected chi connectivity index (χ1v) is 5.59. The van der Waals surface area contributed by atoms with Crippen molar-refractivity contribution in [2.45, 2.75) is 19.3 Å². The summed E-state index contributed by atoms with van der Waals surface area (Å²) in [5.74, 6) is -2.29. The van der Waals surface area contributed by atoms with E-state index in [0.717, 1.165) is 18.2 Å².